The molecule has 0 aliphatic carbocycles. The first-order chi connectivity index (χ1) is 7.84. The fraction of sp³-hybridized carbons (Fsp3) is 0. The van der Waals surface area contributed by atoms with Crippen molar-refractivity contribution in [2.24, 2.45) is 0 Å². The highest BCUT2D eigenvalue weighted by Crippen LogP contribution is 2.27. The van der Waals surface area contributed by atoms with Crippen molar-refractivity contribution < 1.29 is 5.11 Å². The molecule has 0 saturated carbocycles. The Morgan fingerprint density at radius 3 is 2.69 bits per heavy atom. The zero-order valence-corrected chi connectivity index (χ0v) is 8.25. The smallest absolute Gasteiger partial charge is 0.142 e. The second-order valence-corrected chi connectivity index (χ2v) is 3.39. The molecule has 2 N–H and O–H groups in total. The van der Waals surface area contributed by atoms with E-state index in [2.05, 4.69) is 20.2 Å². The van der Waals surface area contributed by atoms with E-state index in [1.807, 2.05) is 6.07 Å². The third-order valence-electron chi connectivity index (χ3n) is 2.35. The number of phenols is 1. The highest BCUT2D eigenvalue weighted by molar-refractivity contribution is 5.78. The van der Waals surface area contributed by atoms with Crippen LogP contribution in [0, 0.1) is 0 Å². The minimum atomic E-state index is 0.197. The van der Waals surface area contributed by atoms with E-state index in [-0.39, 0.29) is 5.75 Å². The summed E-state index contributed by atoms with van der Waals surface area (Å²) in [6.07, 6.45) is 3.18. The molecule has 0 fully saturated rings. The monoisotopic (exact) mass is 212 g/mol. The Hall–Kier alpha value is -2.43. The standard InChI is InChI=1S/C11H8N4O/c16-10-4-2-1-3-7(10)11-14-8-5-12-13-6-9(8)15-11/h1-6,16H,(H,14,15). The summed E-state index contributed by atoms with van der Waals surface area (Å²) < 4.78 is 0. The molecule has 0 amide bonds. The van der Waals surface area contributed by atoms with Crippen LogP contribution >= 0.6 is 0 Å². The molecule has 16 heavy (non-hydrogen) atoms. The average molecular weight is 212 g/mol. The van der Waals surface area contributed by atoms with Crippen molar-refractivity contribution in [3.63, 3.8) is 0 Å². The number of benzene rings is 1. The molecule has 78 valence electrons. The Bertz CT molecular complexity index is 614. The summed E-state index contributed by atoms with van der Waals surface area (Å²) in [7, 11) is 0. The molecule has 0 bridgehead atoms. The van der Waals surface area contributed by atoms with Crippen LogP contribution in [0.5, 0.6) is 5.75 Å². The maximum absolute atomic E-state index is 9.70. The first kappa shape index (κ1) is 8.84. The number of rotatable bonds is 1. The average Bonchev–Trinajstić information content (AvgIpc) is 2.73. The second-order valence-electron chi connectivity index (χ2n) is 3.39. The number of phenolic OH excluding ortho intramolecular Hbond substituents is 1. The number of hydrogen-bond acceptors (Lipinski definition) is 4. The highest BCUT2D eigenvalue weighted by Gasteiger charge is 2.08. The molecule has 5 heteroatoms. The number of para-hydroxylation sites is 1. The van der Waals surface area contributed by atoms with Crippen LogP contribution in [0.4, 0.5) is 0 Å². The van der Waals surface area contributed by atoms with E-state index in [4.69, 9.17) is 0 Å². The van der Waals surface area contributed by atoms with Crippen LogP contribution in [0.3, 0.4) is 0 Å². The third-order valence-corrected chi connectivity index (χ3v) is 2.35. The van der Waals surface area contributed by atoms with Crippen LogP contribution in [-0.2, 0) is 0 Å². The van der Waals surface area contributed by atoms with Crippen LogP contribution in [0.1, 0.15) is 0 Å². The zero-order valence-electron chi connectivity index (χ0n) is 8.25. The molecule has 0 spiro atoms. The number of H-pyrrole nitrogens is 1. The SMILES string of the molecule is Oc1ccccc1-c1nc2cnncc2[nH]1. The van der Waals surface area contributed by atoms with Crippen LogP contribution in [0.25, 0.3) is 22.4 Å². The number of aromatic amines is 1. The molecule has 0 aliphatic rings. The van der Waals surface area contributed by atoms with E-state index in [1.165, 1.54) is 0 Å². The molecule has 0 atom stereocenters. The number of fused-ring (bicyclic) bond motifs is 1. The topological polar surface area (TPSA) is 74.7 Å². The van der Waals surface area contributed by atoms with E-state index in [1.54, 1.807) is 30.6 Å². The van der Waals surface area contributed by atoms with Gasteiger partial charge in [0.05, 0.1) is 23.5 Å². The molecule has 0 saturated heterocycles. The molecular formula is C11H8N4O. The summed E-state index contributed by atoms with van der Waals surface area (Å²) in [5.74, 6) is 0.811. The molecule has 3 rings (SSSR count). The Morgan fingerprint density at radius 2 is 1.88 bits per heavy atom. The van der Waals surface area contributed by atoms with Crippen LogP contribution in [0.15, 0.2) is 36.7 Å². The normalized spacial score (nSPS) is 10.8. The molecule has 5 nitrogen and oxygen atoms in total. The Balaban J connectivity index is 2.23. The van der Waals surface area contributed by atoms with Gasteiger partial charge in [-0.25, -0.2) is 4.98 Å². The van der Waals surface area contributed by atoms with Gasteiger partial charge < -0.3 is 10.1 Å². The van der Waals surface area contributed by atoms with Crippen molar-refractivity contribution >= 4 is 11.0 Å². The number of hydrogen-bond donors (Lipinski definition) is 2. The summed E-state index contributed by atoms with van der Waals surface area (Å²) in [6, 6.07) is 7.04. The summed E-state index contributed by atoms with van der Waals surface area (Å²) in [6.45, 7) is 0. The lowest BCUT2D eigenvalue weighted by Crippen LogP contribution is -1.80. The maximum atomic E-state index is 9.70. The Morgan fingerprint density at radius 1 is 1.06 bits per heavy atom. The molecule has 3 aromatic rings. The first-order valence-electron chi connectivity index (χ1n) is 4.79. The molecule has 0 aliphatic heterocycles. The van der Waals surface area contributed by atoms with E-state index in [0.717, 1.165) is 11.0 Å². The summed E-state index contributed by atoms with van der Waals surface area (Å²) >= 11 is 0. The lowest BCUT2D eigenvalue weighted by Gasteiger charge is -1.98. The van der Waals surface area contributed by atoms with E-state index in [0.29, 0.717) is 11.4 Å². The minimum absolute atomic E-state index is 0.197. The van der Waals surface area contributed by atoms with Crippen LogP contribution in [-0.4, -0.2) is 25.3 Å². The van der Waals surface area contributed by atoms with Crippen molar-refractivity contribution in [1.82, 2.24) is 20.2 Å². The molecule has 0 radical (unpaired) electrons. The predicted octanol–water partition coefficient (Wildman–Crippen LogP) is 1.73. The number of aromatic nitrogens is 4. The van der Waals surface area contributed by atoms with Gasteiger partial charge in [-0.2, -0.15) is 10.2 Å². The van der Waals surface area contributed by atoms with Crippen molar-refractivity contribution in [1.29, 1.82) is 0 Å². The van der Waals surface area contributed by atoms with Gasteiger partial charge in [-0.3, -0.25) is 0 Å². The zero-order chi connectivity index (χ0) is 11.0. The largest absolute Gasteiger partial charge is 0.507 e. The lowest BCUT2D eigenvalue weighted by atomic mass is 10.2. The van der Waals surface area contributed by atoms with Crippen molar-refractivity contribution in [2.45, 2.75) is 0 Å². The summed E-state index contributed by atoms with van der Waals surface area (Å²) in [5.41, 5.74) is 2.19. The maximum Gasteiger partial charge on any atom is 0.142 e. The Kier molecular flexibility index (Phi) is 1.83. The lowest BCUT2D eigenvalue weighted by molar-refractivity contribution is 0.477. The molecule has 0 unspecified atom stereocenters. The van der Waals surface area contributed by atoms with Crippen LogP contribution in [0.2, 0.25) is 0 Å². The molecule has 2 aromatic heterocycles. The molecule has 2 heterocycles. The molecule has 1 aromatic carbocycles. The van der Waals surface area contributed by atoms with E-state index < -0.39 is 0 Å². The quantitative estimate of drug-likeness (QED) is 0.644. The first-order valence-corrected chi connectivity index (χ1v) is 4.79. The fourth-order valence-corrected chi connectivity index (χ4v) is 1.58. The van der Waals surface area contributed by atoms with E-state index >= 15 is 0 Å². The van der Waals surface area contributed by atoms with Gasteiger partial charge >= 0.3 is 0 Å². The van der Waals surface area contributed by atoms with Gasteiger partial charge in [-0.15, -0.1) is 0 Å². The fourth-order valence-electron chi connectivity index (χ4n) is 1.58. The highest BCUT2D eigenvalue weighted by atomic mass is 16.3. The van der Waals surface area contributed by atoms with Gasteiger partial charge in [0.25, 0.3) is 0 Å². The number of nitrogens with one attached hydrogen (secondary N) is 1. The van der Waals surface area contributed by atoms with Crippen molar-refractivity contribution in [3.8, 4) is 17.1 Å². The van der Waals surface area contributed by atoms with Crippen molar-refractivity contribution in [3.05, 3.63) is 36.7 Å². The molecular weight excluding hydrogens is 204 g/mol. The van der Waals surface area contributed by atoms with Gasteiger partial charge in [0.2, 0.25) is 0 Å². The van der Waals surface area contributed by atoms with Crippen molar-refractivity contribution in [2.75, 3.05) is 0 Å². The number of aromatic hydroxyl groups is 1. The minimum Gasteiger partial charge on any atom is -0.507 e. The summed E-state index contributed by atoms with van der Waals surface area (Å²) in [5, 5.41) is 17.2. The predicted molar refractivity (Wildman–Crippen MR) is 58.8 cm³/mol. The number of imidazole rings is 1. The second kappa shape index (κ2) is 3.30. The van der Waals surface area contributed by atoms with E-state index in [9.17, 15) is 5.11 Å². The van der Waals surface area contributed by atoms with Gasteiger partial charge in [-0.05, 0) is 12.1 Å². The Labute approximate surface area is 90.8 Å². The third kappa shape index (κ3) is 1.30. The van der Waals surface area contributed by atoms with Gasteiger partial charge in [0, 0.05) is 0 Å². The summed E-state index contributed by atoms with van der Waals surface area (Å²) in [4.78, 5) is 7.40. The van der Waals surface area contributed by atoms with Gasteiger partial charge in [0.1, 0.15) is 17.1 Å². The number of nitrogens with zero attached hydrogens (tertiary/aromatic N) is 3. The van der Waals surface area contributed by atoms with Gasteiger partial charge in [0.15, 0.2) is 0 Å². The van der Waals surface area contributed by atoms with Crippen LogP contribution < -0.4 is 0 Å². The van der Waals surface area contributed by atoms with Gasteiger partial charge in [-0.1, -0.05) is 12.1 Å².